The number of carboxylic acid groups (broad SMARTS) is 1. The lowest BCUT2D eigenvalue weighted by molar-refractivity contribution is -0.138. The Morgan fingerprint density at radius 1 is 1.55 bits per heavy atom. The summed E-state index contributed by atoms with van der Waals surface area (Å²) in [6.45, 7) is 0. The molecule has 6 heteroatoms. The molecule has 0 bridgehead atoms. The van der Waals surface area contributed by atoms with Gasteiger partial charge >= 0.3 is 5.97 Å². The molecule has 5 nitrogen and oxygen atoms in total. The van der Waals surface area contributed by atoms with Crippen LogP contribution in [-0.4, -0.2) is 41.8 Å². The van der Waals surface area contributed by atoms with E-state index in [1.165, 1.54) is 0 Å². The molecule has 0 aromatic heterocycles. The van der Waals surface area contributed by atoms with Gasteiger partial charge in [0.1, 0.15) is 12.1 Å². The average molecular weight is 297 g/mol. The van der Waals surface area contributed by atoms with Crippen LogP contribution in [0.4, 0.5) is 0 Å². The number of carbonyl (C=O) groups is 1. The van der Waals surface area contributed by atoms with E-state index >= 15 is 0 Å². The van der Waals surface area contributed by atoms with Crippen LogP contribution >= 0.6 is 11.8 Å². The summed E-state index contributed by atoms with van der Waals surface area (Å²) in [5.41, 5.74) is 6.39. The van der Waals surface area contributed by atoms with Crippen LogP contribution in [0.5, 0.6) is 11.5 Å². The zero-order chi connectivity index (χ0) is 14.5. The molecule has 1 heterocycles. The first-order valence-corrected chi connectivity index (χ1v) is 7.65. The van der Waals surface area contributed by atoms with Crippen molar-refractivity contribution in [2.24, 2.45) is 5.73 Å². The Morgan fingerprint density at radius 2 is 2.35 bits per heavy atom. The molecule has 2 atom stereocenters. The van der Waals surface area contributed by atoms with Crippen LogP contribution in [-0.2, 0) is 11.2 Å². The predicted octanol–water partition coefficient (Wildman–Crippen LogP) is 1.53. The van der Waals surface area contributed by atoms with Crippen LogP contribution in [0.3, 0.4) is 0 Å². The van der Waals surface area contributed by atoms with E-state index in [-0.39, 0.29) is 12.5 Å². The molecule has 20 heavy (non-hydrogen) atoms. The second-order valence-electron chi connectivity index (χ2n) is 4.74. The maximum Gasteiger partial charge on any atom is 0.320 e. The van der Waals surface area contributed by atoms with Crippen molar-refractivity contribution in [1.82, 2.24) is 0 Å². The lowest BCUT2D eigenvalue weighted by Crippen LogP contribution is -2.32. The largest absolute Gasteiger partial charge is 0.493 e. The number of ether oxygens (including phenoxy) is 2. The third-order valence-corrected chi connectivity index (χ3v) is 4.31. The summed E-state index contributed by atoms with van der Waals surface area (Å²) in [6.07, 6.45) is 1.49. The van der Waals surface area contributed by atoms with Crippen LogP contribution < -0.4 is 15.2 Å². The molecule has 3 N–H and O–H groups in total. The fourth-order valence-corrected chi connectivity index (χ4v) is 3.16. The second kappa shape index (κ2) is 6.85. The van der Waals surface area contributed by atoms with Gasteiger partial charge in [0.25, 0.3) is 0 Å². The maximum atomic E-state index is 10.8. The van der Waals surface area contributed by atoms with Crippen molar-refractivity contribution in [1.29, 1.82) is 0 Å². The summed E-state index contributed by atoms with van der Waals surface area (Å²) in [5, 5.41) is 8.86. The van der Waals surface area contributed by atoms with Gasteiger partial charge in [0.15, 0.2) is 11.5 Å². The van der Waals surface area contributed by atoms with Crippen LogP contribution in [0.15, 0.2) is 18.2 Å². The van der Waals surface area contributed by atoms with Crippen LogP contribution in [0.1, 0.15) is 12.0 Å². The number of methoxy groups -OCH3 is 1. The molecule has 0 spiro atoms. The minimum atomic E-state index is -1.00. The van der Waals surface area contributed by atoms with Crippen LogP contribution in [0.25, 0.3) is 0 Å². The van der Waals surface area contributed by atoms with Crippen molar-refractivity contribution in [3.8, 4) is 11.5 Å². The summed E-state index contributed by atoms with van der Waals surface area (Å²) in [5.74, 6) is 2.40. The van der Waals surface area contributed by atoms with E-state index in [4.69, 9.17) is 20.3 Å². The smallest absolute Gasteiger partial charge is 0.320 e. The van der Waals surface area contributed by atoms with E-state index in [0.717, 1.165) is 23.5 Å². The summed E-state index contributed by atoms with van der Waals surface area (Å²) in [6, 6.07) is 4.53. The Bertz CT molecular complexity index is 474. The molecule has 0 aliphatic carbocycles. The van der Waals surface area contributed by atoms with Crippen LogP contribution in [0, 0.1) is 0 Å². The molecular weight excluding hydrogens is 278 g/mol. The molecule has 1 aliphatic rings. The highest BCUT2D eigenvalue weighted by atomic mass is 32.2. The van der Waals surface area contributed by atoms with Crippen molar-refractivity contribution in [2.45, 2.75) is 25.0 Å². The quantitative estimate of drug-likeness (QED) is 0.829. The van der Waals surface area contributed by atoms with Gasteiger partial charge in [-0.2, -0.15) is 11.8 Å². The summed E-state index contributed by atoms with van der Waals surface area (Å²) in [4.78, 5) is 10.8. The molecule has 0 radical (unpaired) electrons. The first-order chi connectivity index (χ1) is 9.60. The number of rotatable bonds is 6. The number of benzene rings is 1. The van der Waals surface area contributed by atoms with E-state index in [9.17, 15) is 4.79 Å². The number of hydrogen-bond donors (Lipinski definition) is 2. The molecule has 0 saturated carbocycles. The standard InChI is InChI=1S/C14H19NO4S/c1-18-12-3-2-9(6-11(15)14(16)17)7-13(12)19-10-4-5-20-8-10/h2-3,7,10-11H,4-6,8,15H2,1H3,(H,16,17). The van der Waals surface area contributed by atoms with E-state index < -0.39 is 12.0 Å². The summed E-state index contributed by atoms with van der Waals surface area (Å²) in [7, 11) is 1.59. The van der Waals surface area contributed by atoms with Crippen molar-refractivity contribution in [2.75, 3.05) is 18.6 Å². The van der Waals surface area contributed by atoms with E-state index in [2.05, 4.69) is 0 Å². The Balaban J connectivity index is 2.12. The Morgan fingerprint density at radius 3 is 2.95 bits per heavy atom. The van der Waals surface area contributed by atoms with Gasteiger partial charge in [0.05, 0.1) is 7.11 Å². The monoisotopic (exact) mass is 297 g/mol. The van der Waals surface area contributed by atoms with Crippen molar-refractivity contribution >= 4 is 17.7 Å². The molecule has 1 aromatic carbocycles. The zero-order valence-electron chi connectivity index (χ0n) is 11.4. The van der Waals surface area contributed by atoms with Gasteiger partial charge in [-0.3, -0.25) is 4.79 Å². The Kier molecular flexibility index (Phi) is 5.14. The molecule has 2 rings (SSSR count). The normalized spacial score (nSPS) is 19.6. The van der Waals surface area contributed by atoms with Crippen molar-refractivity contribution in [3.63, 3.8) is 0 Å². The van der Waals surface area contributed by atoms with E-state index in [0.29, 0.717) is 11.5 Å². The molecule has 1 fully saturated rings. The number of carboxylic acids is 1. The maximum absolute atomic E-state index is 10.8. The van der Waals surface area contributed by atoms with Gasteiger partial charge in [-0.05, 0) is 36.3 Å². The number of hydrogen-bond acceptors (Lipinski definition) is 5. The topological polar surface area (TPSA) is 81.8 Å². The van der Waals surface area contributed by atoms with Gasteiger partial charge in [-0.25, -0.2) is 0 Å². The summed E-state index contributed by atoms with van der Waals surface area (Å²) >= 11 is 1.87. The number of thioether (sulfide) groups is 1. The zero-order valence-corrected chi connectivity index (χ0v) is 12.2. The molecule has 0 amide bonds. The Hall–Kier alpha value is -1.40. The molecule has 1 aromatic rings. The van der Waals surface area contributed by atoms with Gasteiger partial charge in [0, 0.05) is 5.75 Å². The first kappa shape index (κ1) is 15.0. The third-order valence-electron chi connectivity index (χ3n) is 3.18. The van der Waals surface area contributed by atoms with Crippen molar-refractivity contribution < 1.29 is 19.4 Å². The van der Waals surface area contributed by atoms with Gasteiger partial charge in [-0.15, -0.1) is 0 Å². The van der Waals surface area contributed by atoms with E-state index in [1.54, 1.807) is 13.2 Å². The Labute approximate surface area is 122 Å². The number of aliphatic carboxylic acids is 1. The highest BCUT2D eigenvalue weighted by Crippen LogP contribution is 2.32. The third kappa shape index (κ3) is 3.80. The van der Waals surface area contributed by atoms with Crippen LogP contribution in [0.2, 0.25) is 0 Å². The lowest BCUT2D eigenvalue weighted by Gasteiger charge is -2.17. The SMILES string of the molecule is COc1ccc(CC(N)C(=O)O)cc1OC1CCSC1. The average Bonchev–Trinajstić information content (AvgIpc) is 2.92. The molecule has 1 aliphatic heterocycles. The minimum absolute atomic E-state index is 0.192. The molecule has 2 unspecified atom stereocenters. The number of nitrogens with two attached hydrogens (primary N) is 1. The lowest BCUT2D eigenvalue weighted by atomic mass is 10.1. The van der Waals surface area contributed by atoms with Gasteiger partial charge < -0.3 is 20.3 Å². The molecular formula is C14H19NO4S. The molecule has 110 valence electrons. The van der Waals surface area contributed by atoms with Gasteiger partial charge in [-0.1, -0.05) is 6.07 Å². The molecule has 1 saturated heterocycles. The predicted molar refractivity (Wildman–Crippen MR) is 78.7 cm³/mol. The second-order valence-corrected chi connectivity index (χ2v) is 5.89. The minimum Gasteiger partial charge on any atom is -0.493 e. The highest BCUT2D eigenvalue weighted by Gasteiger charge is 2.20. The fraction of sp³-hybridized carbons (Fsp3) is 0.500. The summed E-state index contributed by atoms with van der Waals surface area (Å²) < 4.78 is 11.2. The fourth-order valence-electron chi connectivity index (χ4n) is 2.07. The van der Waals surface area contributed by atoms with Crippen molar-refractivity contribution in [3.05, 3.63) is 23.8 Å². The highest BCUT2D eigenvalue weighted by molar-refractivity contribution is 7.99. The van der Waals surface area contributed by atoms with E-state index in [1.807, 2.05) is 23.9 Å². The van der Waals surface area contributed by atoms with Gasteiger partial charge in [0.2, 0.25) is 0 Å². The first-order valence-electron chi connectivity index (χ1n) is 6.50.